The standard InChI is InChI=1S/C7H10N4O2/c1-5-8-10-6(11-9-5)3-2-4-7(12)13/h2-4H2,1H3,(H,12,13). The second-order valence-electron chi connectivity index (χ2n) is 2.61. The van der Waals surface area contributed by atoms with Crippen molar-refractivity contribution >= 4 is 5.97 Å². The summed E-state index contributed by atoms with van der Waals surface area (Å²) < 4.78 is 0. The first-order chi connectivity index (χ1) is 6.18. The molecule has 13 heavy (non-hydrogen) atoms. The van der Waals surface area contributed by atoms with E-state index in [1.54, 1.807) is 6.92 Å². The normalized spacial score (nSPS) is 9.92. The van der Waals surface area contributed by atoms with Gasteiger partial charge in [-0.2, -0.15) is 0 Å². The van der Waals surface area contributed by atoms with Gasteiger partial charge in [0.05, 0.1) is 0 Å². The van der Waals surface area contributed by atoms with Gasteiger partial charge in [0.1, 0.15) is 0 Å². The van der Waals surface area contributed by atoms with Crippen LogP contribution in [-0.2, 0) is 11.2 Å². The van der Waals surface area contributed by atoms with Crippen molar-refractivity contribution in [2.45, 2.75) is 26.2 Å². The third-order valence-electron chi connectivity index (χ3n) is 1.41. The molecule has 0 aromatic carbocycles. The topological polar surface area (TPSA) is 88.9 Å². The van der Waals surface area contributed by atoms with Crippen molar-refractivity contribution in [3.05, 3.63) is 11.6 Å². The van der Waals surface area contributed by atoms with Crippen molar-refractivity contribution in [2.24, 2.45) is 0 Å². The van der Waals surface area contributed by atoms with Crippen LogP contribution in [0, 0.1) is 6.92 Å². The van der Waals surface area contributed by atoms with Gasteiger partial charge in [-0.15, -0.1) is 20.4 Å². The molecular weight excluding hydrogens is 172 g/mol. The Balaban J connectivity index is 2.37. The predicted molar refractivity (Wildman–Crippen MR) is 42.9 cm³/mol. The van der Waals surface area contributed by atoms with E-state index in [1.807, 2.05) is 0 Å². The average Bonchev–Trinajstić information content (AvgIpc) is 2.08. The maximum Gasteiger partial charge on any atom is 0.303 e. The number of aliphatic carboxylic acids is 1. The summed E-state index contributed by atoms with van der Waals surface area (Å²) in [6.07, 6.45) is 1.14. The highest BCUT2D eigenvalue weighted by Crippen LogP contribution is 1.96. The van der Waals surface area contributed by atoms with Gasteiger partial charge >= 0.3 is 5.97 Å². The van der Waals surface area contributed by atoms with Gasteiger partial charge in [0.2, 0.25) is 0 Å². The number of carboxylic acids is 1. The molecule has 0 saturated heterocycles. The van der Waals surface area contributed by atoms with Gasteiger partial charge in [-0.25, -0.2) is 0 Å². The summed E-state index contributed by atoms with van der Waals surface area (Å²) in [6.45, 7) is 1.70. The quantitative estimate of drug-likeness (QED) is 0.704. The lowest BCUT2D eigenvalue weighted by Crippen LogP contribution is -2.04. The molecule has 0 fully saturated rings. The second-order valence-corrected chi connectivity index (χ2v) is 2.61. The van der Waals surface area contributed by atoms with Gasteiger partial charge in [0.15, 0.2) is 11.6 Å². The van der Waals surface area contributed by atoms with Crippen LogP contribution >= 0.6 is 0 Å². The number of carboxylic acid groups (broad SMARTS) is 1. The number of aryl methyl sites for hydroxylation is 2. The van der Waals surface area contributed by atoms with Crippen LogP contribution in [-0.4, -0.2) is 31.5 Å². The van der Waals surface area contributed by atoms with Crippen LogP contribution in [0.15, 0.2) is 0 Å². The van der Waals surface area contributed by atoms with Crippen LogP contribution in [0.25, 0.3) is 0 Å². The second kappa shape index (κ2) is 4.44. The van der Waals surface area contributed by atoms with Crippen LogP contribution in [0.5, 0.6) is 0 Å². The lowest BCUT2D eigenvalue weighted by molar-refractivity contribution is -0.137. The third kappa shape index (κ3) is 3.55. The van der Waals surface area contributed by atoms with Gasteiger partial charge in [-0.1, -0.05) is 0 Å². The Morgan fingerprint density at radius 3 is 2.46 bits per heavy atom. The number of carbonyl (C=O) groups is 1. The molecule has 1 heterocycles. The van der Waals surface area contributed by atoms with E-state index < -0.39 is 5.97 Å². The Bertz CT molecular complexity index is 285. The molecule has 0 aliphatic rings. The Morgan fingerprint density at radius 2 is 1.92 bits per heavy atom. The lowest BCUT2D eigenvalue weighted by Gasteiger charge is -1.95. The number of nitrogens with zero attached hydrogens (tertiary/aromatic N) is 4. The Kier molecular flexibility index (Phi) is 3.24. The SMILES string of the molecule is Cc1nnc(CCCC(=O)O)nn1. The van der Waals surface area contributed by atoms with Gasteiger partial charge in [0, 0.05) is 12.8 Å². The number of rotatable bonds is 4. The van der Waals surface area contributed by atoms with E-state index in [9.17, 15) is 4.79 Å². The molecule has 0 bridgehead atoms. The molecule has 0 aliphatic carbocycles. The van der Waals surface area contributed by atoms with Crippen LogP contribution in [0.3, 0.4) is 0 Å². The van der Waals surface area contributed by atoms with Crippen molar-refractivity contribution in [3.8, 4) is 0 Å². The summed E-state index contributed by atoms with van der Waals surface area (Å²) in [5.74, 6) is 0.196. The molecule has 0 amide bonds. The zero-order valence-electron chi connectivity index (χ0n) is 7.27. The summed E-state index contributed by atoms with van der Waals surface area (Å²) in [5.41, 5.74) is 0. The average molecular weight is 182 g/mol. The summed E-state index contributed by atoms with van der Waals surface area (Å²) >= 11 is 0. The zero-order valence-corrected chi connectivity index (χ0v) is 7.27. The van der Waals surface area contributed by atoms with Crippen molar-refractivity contribution in [1.29, 1.82) is 0 Å². The van der Waals surface area contributed by atoms with E-state index in [1.165, 1.54) is 0 Å². The van der Waals surface area contributed by atoms with E-state index in [2.05, 4.69) is 20.4 Å². The summed E-state index contributed by atoms with van der Waals surface area (Å²) in [6, 6.07) is 0. The van der Waals surface area contributed by atoms with E-state index in [0.29, 0.717) is 24.5 Å². The van der Waals surface area contributed by atoms with E-state index in [4.69, 9.17) is 5.11 Å². The molecule has 70 valence electrons. The van der Waals surface area contributed by atoms with Gasteiger partial charge in [0.25, 0.3) is 0 Å². The van der Waals surface area contributed by atoms with Crippen LogP contribution < -0.4 is 0 Å². The molecule has 1 N–H and O–H groups in total. The zero-order chi connectivity index (χ0) is 9.68. The predicted octanol–water partition coefficient (Wildman–Crippen LogP) is -0.0177. The molecule has 6 nitrogen and oxygen atoms in total. The van der Waals surface area contributed by atoms with Crippen molar-refractivity contribution in [1.82, 2.24) is 20.4 Å². The van der Waals surface area contributed by atoms with Crippen molar-refractivity contribution < 1.29 is 9.90 Å². The Morgan fingerprint density at radius 1 is 1.31 bits per heavy atom. The molecule has 0 aliphatic heterocycles. The first-order valence-electron chi connectivity index (χ1n) is 3.93. The first-order valence-corrected chi connectivity index (χ1v) is 3.93. The molecule has 1 aromatic rings. The number of hydrogen-bond acceptors (Lipinski definition) is 5. The minimum absolute atomic E-state index is 0.122. The molecule has 0 spiro atoms. The highest BCUT2D eigenvalue weighted by Gasteiger charge is 2.01. The van der Waals surface area contributed by atoms with Crippen LogP contribution in [0.2, 0.25) is 0 Å². The fraction of sp³-hybridized carbons (Fsp3) is 0.571. The molecule has 6 heteroatoms. The molecular formula is C7H10N4O2. The molecule has 0 saturated carbocycles. The fourth-order valence-electron chi connectivity index (χ4n) is 0.798. The Hall–Kier alpha value is -1.59. The van der Waals surface area contributed by atoms with Gasteiger partial charge < -0.3 is 5.11 Å². The van der Waals surface area contributed by atoms with Crippen LogP contribution in [0.4, 0.5) is 0 Å². The molecule has 1 aromatic heterocycles. The number of hydrogen-bond donors (Lipinski definition) is 1. The summed E-state index contributed by atoms with van der Waals surface area (Å²) in [5, 5.41) is 23.3. The highest BCUT2D eigenvalue weighted by atomic mass is 16.4. The van der Waals surface area contributed by atoms with E-state index >= 15 is 0 Å². The minimum Gasteiger partial charge on any atom is -0.481 e. The van der Waals surface area contributed by atoms with Gasteiger partial charge in [-0.05, 0) is 13.3 Å². The van der Waals surface area contributed by atoms with Crippen LogP contribution in [0.1, 0.15) is 24.5 Å². The van der Waals surface area contributed by atoms with E-state index in [-0.39, 0.29) is 6.42 Å². The first kappa shape index (κ1) is 9.50. The van der Waals surface area contributed by atoms with Gasteiger partial charge in [-0.3, -0.25) is 4.79 Å². The largest absolute Gasteiger partial charge is 0.481 e. The monoisotopic (exact) mass is 182 g/mol. The maximum absolute atomic E-state index is 10.2. The lowest BCUT2D eigenvalue weighted by atomic mass is 10.2. The summed E-state index contributed by atoms with van der Waals surface area (Å²) in [4.78, 5) is 10.2. The fourth-order valence-corrected chi connectivity index (χ4v) is 0.798. The molecule has 0 radical (unpaired) electrons. The maximum atomic E-state index is 10.2. The number of aromatic nitrogens is 4. The molecule has 1 rings (SSSR count). The highest BCUT2D eigenvalue weighted by molar-refractivity contribution is 5.66. The smallest absolute Gasteiger partial charge is 0.303 e. The van der Waals surface area contributed by atoms with Crippen molar-refractivity contribution in [2.75, 3.05) is 0 Å². The van der Waals surface area contributed by atoms with E-state index in [0.717, 1.165) is 0 Å². The molecule has 0 atom stereocenters. The minimum atomic E-state index is -0.812. The van der Waals surface area contributed by atoms with Crippen molar-refractivity contribution in [3.63, 3.8) is 0 Å². The third-order valence-corrected chi connectivity index (χ3v) is 1.41. The summed E-state index contributed by atoms with van der Waals surface area (Å²) in [7, 11) is 0. The molecule has 0 unspecified atom stereocenters. The Labute approximate surface area is 75.0 Å².